The summed E-state index contributed by atoms with van der Waals surface area (Å²) in [4.78, 5) is 31.9. The number of aromatic amines is 1. The standard InChI is InChI=1S/C22H15N3O2/c1-12-5-6-13-9-19(24-18(13)7-12)15-8-14(10-23-11-15)16-3-2-4-17-20(16)22(27)25-21(17)26/h2-11,24H,1H3,(H,25,26,27). The van der Waals surface area contributed by atoms with Crippen LogP contribution < -0.4 is 5.32 Å². The van der Waals surface area contributed by atoms with Gasteiger partial charge in [-0.1, -0.05) is 24.3 Å². The van der Waals surface area contributed by atoms with Gasteiger partial charge in [-0.25, -0.2) is 0 Å². The van der Waals surface area contributed by atoms with E-state index in [1.165, 1.54) is 5.56 Å². The summed E-state index contributed by atoms with van der Waals surface area (Å²) in [7, 11) is 0. The normalized spacial score (nSPS) is 13.1. The smallest absolute Gasteiger partial charge is 0.259 e. The number of aromatic nitrogens is 2. The first kappa shape index (κ1) is 15.5. The number of aryl methyl sites for hydroxylation is 1. The van der Waals surface area contributed by atoms with E-state index in [9.17, 15) is 9.59 Å². The van der Waals surface area contributed by atoms with Crippen molar-refractivity contribution in [3.05, 3.63) is 77.6 Å². The van der Waals surface area contributed by atoms with Crippen LogP contribution in [0.2, 0.25) is 0 Å². The molecule has 0 saturated carbocycles. The summed E-state index contributed by atoms with van der Waals surface area (Å²) >= 11 is 0. The maximum atomic E-state index is 12.2. The number of rotatable bonds is 2. The first-order valence-electron chi connectivity index (χ1n) is 8.64. The predicted octanol–water partition coefficient (Wildman–Crippen LogP) is 4.09. The third-order valence-corrected chi connectivity index (χ3v) is 4.90. The van der Waals surface area contributed by atoms with E-state index in [2.05, 4.69) is 46.5 Å². The van der Waals surface area contributed by atoms with E-state index >= 15 is 0 Å². The highest BCUT2D eigenvalue weighted by atomic mass is 16.2. The number of imide groups is 1. The van der Waals surface area contributed by atoms with Gasteiger partial charge in [0.05, 0.1) is 11.1 Å². The average Bonchev–Trinajstić information content (AvgIpc) is 3.22. The zero-order chi connectivity index (χ0) is 18.5. The van der Waals surface area contributed by atoms with Crippen LogP contribution in [0.1, 0.15) is 26.3 Å². The van der Waals surface area contributed by atoms with E-state index in [4.69, 9.17) is 0 Å². The third-order valence-electron chi connectivity index (χ3n) is 4.90. The van der Waals surface area contributed by atoms with Crippen LogP contribution in [0.4, 0.5) is 0 Å². The van der Waals surface area contributed by atoms with Crippen LogP contribution in [0.5, 0.6) is 0 Å². The summed E-state index contributed by atoms with van der Waals surface area (Å²) in [6, 6.07) is 15.6. The van der Waals surface area contributed by atoms with Crippen LogP contribution in [0, 0.1) is 6.92 Å². The lowest BCUT2D eigenvalue weighted by molar-refractivity contribution is 0.0880. The molecule has 5 rings (SSSR count). The maximum Gasteiger partial charge on any atom is 0.259 e. The van der Waals surface area contributed by atoms with Crippen LogP contribution >= 0.6 is 0 Å². The number of hydrogen-bond acceptors (Lipinski definition) is 3. The molecular weight excluding hydrogens is 338 g/mol. The minimum atomic E-state index is -0.364. The lowest BCUT2D eigenvalue weighted by atomic mass is 9.96. The van der Waals surface area contributed by atoms with Gasteiger partial charge in [0, 0.05) is 40.1 Å². The molecule has 0 unspecified atom stereocenters. The fraction of sp³-hybridized carbons (Fsp3) is 0.0455. The topological polar surface area (TPSA) is 74.8 Å². The van der Waals surface area contributed by atoms with Crippen molar-refractivity contribution in [2.24, 2.45) is 0 Å². The van der Waals surface area contributed by atoms with Crippen molar-refractivity contribution < 1.29 is 9.59 Å². The monoisotopic (exact) mass is 353 g/mol. The number of fused-ring (bicyclic) bond motifs is 2. The molecule has 0 radical (unpaired) electrons. The molecule has 2 N–H and O–H groups in total. The summed E-state index contributed by atoms with van der Waals surface area (Å²) < 4.78 is 0. The number of nitrogens with zero attached hydrogens (tertiary/aromatic N) is 1. The van der Waals surface area contributed by atoms with E-state index in [0.29, 0.717) is 16.7 Å². The zero-order valence-electron chi connectivity index (χ0n) is 14.5. The van der Waals surface area contributed by atoms with Gasteiger partial charge in [0.2, 0.25) is 0 Å². The Hall–Kier alpha value is -3.73. The Morgan fingerprint density at radius 2 is 1.67 bits per heavy atom. The summed E-state index contributed by atoms with van der Waals surface area (Å²) in [5.41, 5.74) is 6.46. The minimum Gasteiger partial charge on any atom is -0.354 e. The van der Waals surface area contributed by atoms with E-state index in [1.807, 2.05) is 12.1 Å². The molecule has 0 saturated heterocycles. The van der Waals surface area contributed by atoms with Crippen LogP contribution in [0.15, 0.2) is 60.9 Å². The highest BCUT2D eigenvalue weighted by molar-refractivity contribution is 6.24. The zero-order valence-corrected chi connectivity index (χ0v) is 14.5. The van der Waals surface area contributed by atoms with E-state index < -0.39 is 0 Å². The summed E-state index contributed by atoms with van der Waals surface area (Å²) in [5.74, 6) is -0.718. The Bertz CT molecular complexity index is 1250. The van der Waals surface area contributed by atoms with Gasteiger partial charge in [0.1, 0.15) is 0 Å². The Morgan fingerprint density at radius 1 is 0.852 bits per heavy atom. The molecule has 27 heavy (non-hydrogen) atoms. The van der Waals surface area contributed by atoms with Crippen LogP contribution in [-0.4, -0.2) is 21.8 Å². The molecule has 3 heterocycles. The second-order valence-electron chi connectivity index (χ2n) is 6.75. The number of carbonyl (C=O) groups is 2. The number of H-pyrrole nitrogens is 1. The van der Waals surface area contributed by atoms with Gasteiger partial charge >= 0.3 is 0 Å². The minimum absolute atomic E-state index is 0.355. The first-order chi connectivity index (χ1) is 13.1. The van der Waals surface area contributed by atoms with Crippen molar-refractivity contribution >= 4 is 22.7 Å². The van der Waals surface area contributed by atoms with Gasteiger partial charge in [-0.15, -0.1) is 0 Å². The highest BCUT2D eigenvalue weighted by Gasteiger charge is 2.29. The van der Waals surface area contributed by atoms with Gasteiger partial charge in [0.15, 0.2) is 0 Å². The maximum absolute atomic E-state index is 12.2. The molecule has 0 fully saturated rings. The Balaban J connectivity index is 1.65. The molecule has 2 amide bonds. The Morgan fingerprint density at radius 3 is 2.56 bits per heavy atom. The molecular formula is C22H15N3O2. The molecule has 0 spiro atoms. The number of amides is 2. The molecule has 0 aliphatic carbocycles. The molecule has 5 nitrogen and oxygen atoms in total. The van der Waals surface area contributed by atoms with Crippen LogP contribution in [-0.2, 0) is 0 Å². The Labute approximate surface area is 155 Å². The van der Waals surface area contributed by atoms with Crippen LogP contribution in [0.3, 0.4) is 0 Å². The molecule has 1 aliphatic heterocycles. The van der Waals surface area contributed by atoms with Crippen molar-refractivity contribution in [1.82, 2.24) is 15.3 Å². The molecule has 0 atom stereocenters. The molecule has 4 aromatic rings. The first-order valence-corrected chi connectivity index (χ1v) is 8.64. The van der Waals surface area contributed by atoms with Crippen molar-refractivity contribution in [2.45, 2.75) is 6.92 Å². The average molecular weight is 353 g/mol. The lowest BCUT2D eigenvalue weighted by Crippen LogP contribution is -2.20. The summed E-state index contributed by atoms with van der Waals surface area (Å²) in [6.45, 7) is 2.06. The van der Waals surface area contributed by atoms with Gasteiger partial charge < -0.3 is 4.98 Å². The molecule has 2 aromatic carbocycles. The van der Waals surface area contributed by atoms with E-state index in [-0.39, 0.29) is 11.8 Å². The van der Waals surface area contributed by atoms with Crippen molar-refractivity contribution in [3.8, 4) is 22.4 Å². The largest absolute Gasteiger partial charge is 0.354 e. The highest BCUT2D eigenvalue weighted by Crippen LogP contribution is 2.32. The van der Waals surface area contributed by atoms with Gasteiger partial charge in [0.25, 0.3) is 11.8 Å². The molecule has 2 aromatic heterocycles. The van der Waals surface area contributed by atoms with Gasteiger partial charge in [-0.05, 0) is 42.3 Å². The molecule has 5 heteroatoms. The lowest BCUT2D eigenvalue weighted by Gasteiger charge is -2.07. The molecule has 1 aliphatic rings. The number of nitrogens with one attached hydrogen (secondary N) is 2. The fourth-order valence-electron chi connectivity index (χ4n) is 3.59. The third kappa shape index (κ3) is 2.44. The number of pyridine rings is 1. The summed E-state index contributed by atoms with van der Waals surface area (Å²) in [5, 5.41) is 3.49. The van der Waals surface area contributed by atoms with E-state index in [0.717, 1.165) is 27.7 Å². The van der Waals surface area contributed by atoms with Gasteiger partial charge in [-0.3, -0.25) is 19.9 Å². The number of carbonyl (C=O) groups excluding carboxylic acids is 2. The van der Waals surface area contributed by atoms with Crippen molar-refractivity contribution in [3.63, 3.8) is 0 Å². The SMILES string of the molecule is Cc1ccc2cc(-c3cncc(-c4cccc5c4C(=O)NC5=O)c3)[nH]c2c1. The quantitative estimate of drug-likeness (QED) is 0.533. The second-order valence-corrected chi connectivity index (χ2v) is 6.75. The molecule has 130 valence electrons. The number of benzene rings is 2. The van der Waals surface area contributed by atoms with Gasteiger partial charge in [-0.2, -0.15) is 0 Å². The van der Waals surface area contributed by atoms with Crippen LogP contribution in [0.25, 0.3) is 33.3 Å². The molecule has 0 bridgehead atoms. The second kappa shape index (κ2) is 5.64. The fourth-order valence-corrected chi connectivity index (χ4v) is 3.59. The Kier molecular flexibility index (Phi) is 3.24. The number of hydrogen-bond donors (Lipinski definition) is 2. The summed E-state index contributed by atoms with van der Waals surface area (Å²) in [6.07, 6.45) is 3.50. The van der Waals surface area contributed by atoms with Crippen molar-refractivity contribution in [2.75, 3.05) is 0 Å². The predicted molar refractivity (Wildman–Crippen MR) is 103 cm³/mol. The van der Waals surface area contributed by atoms with Crippen molar-refractivity contribution in [1.29, 1.82) is 0 Å². The van der Waals surface area contributed by atoms with E-state index in [1.54, 1.807) is 24.5 Å².